The van der Waals surface area contributed by atoms with E-state index in [2.05, 4.69) is 0 Å². The number of aliphatic hydroxyl groups excluding tert-OH is 11. The number of phenolic OH excluding ortho intramolecular Hbond substituents is 1. The molecule has 12 N–H and O–H groups in total. The Bertz CT molecular complexity index is 1780. The fourth-order valence-electron chi connectivity index (χ4n) is 6.13. The SMILES string of the molecule is CC1O[C@@H](Oc2c(-c3ccc(O[C@@H]4O[C@H](CO)[C@H](O)C(O)C4O)cc3)oc3cc(O[C@@H]4OC(CO)[C@H](O)[C@H](O)C4O)cc(O)c3c2=O)[C@@H](O)C(O)[C@H]1O. The molecule has 3 saturated heterocycles. The second-order valence-corrected chi connectivity index (χ2v) is 12.9. The summed E-state index contributed by atoms with van der Waals surface area (Å²) < 4.78 is 39.3. The maximum absolute atomic E-state index is 14.0. The Morgan fingerprint density at radius 1 is 0.604 bits per heavy atom. The van der Waals surface area contributed by atoms with Crippen molar-refractivity contribution in [3.8, 4) is 34.3 Å². The molecule has 53 heavy (non-hydrogen) atoms. The Morgan fingerprint density at radius 2 is 1.09 bits per heavy atom. The van der Waals surface area contributed by atoms with Gasteiger partial charge >= 0.3 is 0 Å². The topological polar surface area (TPSA) is 328 Å². The molecule has 3 aliphatic heterocycles. The highest BCUT2D eigenvalue weighted by Gasteiger charge is 2.47. The van der Waals surface area contributed by atoms with Gasteiger partial charge in [-0.2, -0.15) is 0 Å². The number of ether oxygens (including phenoxy) is 6. The van der Waals surface area contributed by atoms with Crippen molar-refractivity contribution in [2.75, 3.05) is 13.2 Å². The highest BCUT2D eigenvalue weighted by atomic mass is 16.7. The van der Waals surface area contributed by atoms with Gasteiger partial charge in [-0.15, -0.1) is 0 Å². The van der Waals surface area contributed by atoms with Crippen LogP contribution in [0.3, 0.4) is 0 Å². The molecule has 0 bridgehead atoms. The van der Waals surface area contributed by atoms with Crippen LogP contribution < -0.4 is 19.6 Å². The summed E-state index contributed by atoms with van der Waals surface area (Å²) in [5.41, 5.74) is -1.24. The maximum atomic E-state index is 14.0. The second-order valence-electron chi connectivity index (χ2n) is 12.9. The zero-order valence-corrected chi connectivity index (χ0v) is 27.7. The van der Waals surface area contributed by atoms with Crippen molar-refractivity contribution >= 4 is 11.0 Å². The number of fused-ring (bicyclic) bond motifs is 1. The Balaban J connectivity index is 1.37. The lowest BCUT2D eigenvalue weighted by Gasteiger charge is -2.39. The average Bonchev–Trinajstić information content (AvgIpc) is 3.14. The van der Waals surface area contributed by atoms with Crippen LogP contribution in [0.5, 0.6) is 23.0 Å². The first-order valence-electron chi connectivity index (χ1n) is 16.4. The molecule has 20 heteroatoms. The van der Waals surface area contributed by atoms with Crippen LogP contribution in [0.1, 0.15) is 6.92 Å². The van der Waals surface area contributed by atoms with Crippen molar-refractivity contribution in [3.63, 3.8) is 0 Å². The lowest BCUT2D eigenvalue weighted by Crippen LogP contribution is -2.60. The molecule has 292 valence electrons. The first kappa shape index (κ1) is 39.0. The van der Waals surface area contributed by atoms with Gasteiger partial charge in [-0.25, -0.2) is 0 Å². The summed E-state index contributed by atoms with van der Waals surface area (Å²) in [4.78, 5) is 14.0. The molecule has 0 radical (unpaired) electrons. The van der Waals surface area contributed by atoms with E-state index in [9.17, 15) is 66.1 Å². The Labute approximate surface area is 298 Å². The number of aromatic hydroxyl groups is 1. The number of hydrogen-bond acceptors (Lipinski definition) is 20. The summed E-state index contributed by atoms with van der Waals surface area (Å²) in [5, 5.41) is 122. The van der Waals surface area contributed by atoms with E-state index in [4.69, 9.17) is 32.8 Å². The smallest absolute Gasteiger partial charge is 0.239 e. The second kappa shape index (κ2) is 15.6. The van der Waals surface area contributed by atoms with E-state index >= 15 is 0 Å². The lowest BCUT2D eigenvalue weighted by molar-refractivity contribution is -0.277. The number of aliphatic hydroxyl groups is 11. The molecule has 0 amide bonds. The van der Waals surface area contributed by atoms with Crippen molar-refractivity contribution in [1.82, 2.24) is 0 Å². The average molecular weight is 757 g/mol. The molecule has 4 heterocycles. The molecule has 3 aromatic rings. The molecular formula is C33H40O20. The normalized spacial score (nSPS) is 37.7. The van der Waals surface area contributed by atoms with Crippen molar-refractivity contribution in [1.29, 1.82) is 0 Å². The third-order valence-corrected chi connectivity index (χ3v) is 9.27. The van der Waals surface area contributed by atoms with Gasteiger partial charge in [0, 0.05) is 17.7 Å². The first-order chi connectivity index (χ1) is 25.1. The third kappa shape index (κ3) is 7.39. The minimum Gasteiger partial charge on any atom is -0.507 e. The Morgan fingerprint density at radius 3 is 1.62 bits per heavy atom. The Hall–Kier alpha value is -3.71. The highest BCUT2D eigenvalue weighted by molar-refractivity contribution is 5.88. The predicted octanol–water partition coefficient (Wildman–Crippen LogP) is -4.27. The minimum atomic E-state index is -1.86. The molecule has 3 fully saturated rings. The van der Waals surface area contributed by atoms with Crippen LogP contribution in [0.25, 0.3) is 22.3 Å². The van der Waals surface area contributed by atoms with Crippen LogP contribution in [0.4, 0.5) is 0 Å². The molecule has 1 aromatic heterocycles. The maximum Gasteiger partial charge on any atom is 0.239 e. The van der Waals surface area contributed by atoms with Crippen molar-refractivity contribution < 1.29 is 94.1 Å². The molecule has 15 atom stereocenters. The number of phenols is 1. The van der Waals surface area contributed by atoms with Crippen LogP contribution in [-0.2, 0) is 14.2 Å². The van der Waals surface area contributed by atoms with Crippen molar-refractivity contribution in [2.45, 2.75) is 99.0 Å². The lowest BCUT2D eigenvalue weighted by atomic mass is 9.99. The quantitative estimate of drug-likeness (QED) is 0.0983. The summed E-state index contributed by atoms with van der Waals surface area (Å²) in [6.07, 6.45) is -23.9. The number of benzene rings is 2. The summed E-state index contributed by atoms with van der Waals surface area (Å²) in [6.45, 7) is -0.0430. The molecule has 6 rings (SSSR count). The highest BCUT2D eigenvalue weighted by Crippen LogP contribution is 2.39. The van der Waals surface area contributed by atoms with Gasteiger partial charge < -0.3 is 94.1 Å². The fraction of sp³-hybridized carbons (Fsp3) is 0.545. The van der Waals surface area contributed by atoms with Gasteiger partial charge in [-0.3, -0.25) is 4.79 Å². The predicted molar refractivity (Wildman–Crippen MR) is 171 cm³/mol. The van der Waals surface area contributed by atoms with Crippen LogP contribution >= 0.6 is 0 Å². The first-order valence-corrected chi connectivity index (χ1v) is 16.4. The van der Waals surface area contributed by atoms with E-state index in [0.29, 0.717) is 0 Å². The monoisotopic (exact) mass is 756 g/mol. The molecule has 20 nitrogen and oxygen atoms in total. The zero-order chi connectivity index (χ0) is 38.5. The molecule has 6 unspecified atom stereocenters. The van der Waals surface area contributed by atoms with Crippen molar-refractivity contribution in [2.24, 2.45) is 0 Å². The standard InChI is InChI=1S/C33H40O20/c1-10-19(37)23(41)26(44)31(47-10)53-30-22(40)18-14(36)6-13(49-33-28(46)25(43)21(39)17(9-35)52-33)7-15(18)50-29(30)11-2-4-12(5-3-11)48-32-27(45)24(42)20(38)16(8-34)51-32/h2-7,10,16-17,19-21,23-28,31-39,41-46H,8-9H2,1H3/t10?,16-,17?,19+,20+,21+,23?,24?,25+,26+,27?,28?,31+,32-,33-/m1/s1. The summed E-state index contributed by atoms with van der Waals surface area (Å²) in [5.74, 6) is -1.92. The van der Waals surface area contributed by atoms with Gasteiger partial charge in [-0.05, 0) is 31.2 Å². The number of rotatable bonds is 9. The number of hydrogen-bond donors (Lipinski definition) is 12. The van der Waals surface area contributed by atoms with Crippen LogP contribution in [-0.4, -0.2) is 167 Å². The molecule has 3 aliphatic rings. The van der Waals surface area contributed by atoms with Gasteiger partial charge in [-0.1, -0.05) is 0 Å². The summed E-state index contributed by atoms with van der Waals surface area (Å²) in [7, 11) is 0. The van der Waals surface area contributed by atoms with Crippen molar-refractivity contribution in [3.05, 3.63) is 46.6 Å². The van der Waals surface area contributed by atoms with Gasteiger partial charge in [0.1, 0.15) is 95.4 Å². The van der Waals surface area contributed by atoms with Crippen LogP contribution in [0, 0.1) is 0 Å². The fourth-order valence-corrected chi connectivity index (χ4v) is 6.13. The molecule has 0 aliphatic carbocycles. The van der Waals surface area contributed by atoms with E-state index in [0.717, 1.165) is 12.1 Å². The van der Waals surface area contributed by atoms with Gasteiger partial charge in [0.05, 0.1) is 19.3 Å². The van der Waals surface area contributed by atoms with Gasteiger partial charge in [0.25, 0.3) is 0 Å². The summed E-state index contributed by atoms with van der Waals surface area (Å²) in [6, 6.07) is 7.43. The van der Waals surface area contributed by atoms with E-state index < -0.39 is 128 Å². The van der Waals surface area contributed by atoms with E-state index in [1.165, 1.54) is 31.2 Å². The van der Waals surface area contributed by atoms with Crippen LogP contribution in [0.15, 0.2) is 45.6 Å². The zero-order valence-electron chi connectivity index (χ0n) is 27.7. The third-order valence-electron chi connectivity index (χ3n) is 9.27. The van der Waals surface area contributed by atoms with E-state index in [-0.39, 0.29) is 28.4 Å². The Kier molecular flexibility index (Phi) is 11.5. The molecular weight excluding hydrogens is 716 g/mol. The summed E-state index contributed by atoms with van der Waals surface area (Å²) >= 11 is 0. The van der Waals surface area contributed by atoms with Gasteiger partial charge in [0.2, 0.25) is 30.0 Å². The minimum absolute atomic E-state index is 0.0357. The van der Waals surface area contributed by atoms with Crippen LogP contribution in [0.2, 0.25) is 0 Å². The van der Waals surface area contributed by atoms with Gasteiger partial charge in [0.15, 0.2) is 5.76 Å². The van der Waals surface area contributed by atoms with E-state index in [1.54, 1.807) is 0 Å². The molecule has 0 saturated carbocycles. The largest absolute Gasteiger partial charge is 0.507 e. The molecule has 2 aromatic carbocycles. The van der Waals surface area contributed by atoms with E-state index in [1.807, 2.05) is 0 Å². The molecule has 0 spiro atoms.